The van der Waals surface area contributed by atoms with E-state index in [1.807, 2.05) is 38.1 Å². The van der Waals surface area contributed by atoms with Crippen LogP contribution in [0.1, 0.15) is 27.8 Å². The number of pyridine rings is 1. The zero-order valence-corrected chi connectivity index (χ0v) is 14.0. The normalized spacial score (nSPS) is 10.8. The van der Waals surface area contributed by atoms with E-state index in [2.05, 4.69) is 11.6 Å². The van der Waals surface area contributed by atoms with E-state index in [4.69, 9.17) is 0 Å². The number of allylic oxidation sites excluding steroid dienone is 1. The van der Waals surface area contributed by atoms with Crippen molar-refractivity contribution in [3.63, 3.8) is 0 Å². The van der Waals surface area contributed by atoms with E-state index in [9.17, 15) is 15.2 Å². The lowest BCUT2D eigenvalue weighted by Gasteiger charge is -2.12. The van der Waals surface area contributed by atoms with Crippen molar-refractivity contribution in [3.8, 4) is 11.9 Å². The van der Waals surface area contributed by atoms with Gasteiger partial charge in [0, 0.05) is 12.8 Å². The molecule has 0 spiro atoms. The summed E-state index contributed by atoms with van der Waals surface area (Å²) in [5.74, 6) is -0.219. The van der Waals surface area contributed by atoms with Crippen molar-refractivity contribution in [3.05, 3.63) is 69.0 Å². The van der Waals surface area contributed by atoms with Gasteiger partial charge < -0.3 is 5.11 Å². The van der Waals surface area contributed by atoms with Crippen LogP contribution in [0.15, 0.2) is 40.6 Å². The van der Waals surface area contributed by atoms with Gasteiger partial charge in [0.2, 0.25) is 5.88 Å². The number of rotatable bonds is 4. The molecule has 0 unspecified atom stereocenters. The average molecular weight is 321 g/mol. The van der Waals surface area contributed by atoms with Gasteiger partial charge in [-0.05, 0) is 49.6 Å². The van der Waals surface area contributed by atoms with Crippen LogP contribution in [0.5, 0.6) is 5.88 Å². The molecule has 2 aromatic rings. The summed E-state index contributed by atoms with van der Waals surface area (Å²) in [7, 11) is 0. The number of aliphatic imine (C=N–C) groups is 1. The minimum atomic E-state index is -0.532. The zero-order chi connectivity index (χ0) is 17.9. The van der Waals surface area contributed by atoms with Crippen LogP contribution < -0.4 is 5.56 Å². The molecule has 122 valence electrons. The van der Waals surface area contributed by atoms with Crippen LogP contribution in [0.4, 0.5) is 5.69 Å². The van der Waals surface area contributed by atoms with Crippen molar-refractivity contribution < 1.29 is 5.11 Å². The monoisotopic (exact) mass is 321 g/mol. The lowest BCUT2D eigenvalue weighted by Crippen LogP contribution is -2.24. The van der Waals surface area contributed by atoms with Crippen LogP contribution in [0.2, 0.25) is 0 Å². The minimum absolute atomic E-state index is 0.00353. The van der Waals surface area contributed by atoms with E-state index in [-0.39, 0.29) is 18.0 Å². The summed E-state index contributed by atoms with van der Waals surface area (Å²) in [4.78, 5) is 16.6. The first-order chi connectivity index (χ1) is 11.4. The summed E-state index contributed by atoms with van der Waals surface area (Å²) >= 11 is 0. The Morgan fingerprint density at radius 3 is 2.62 bits per heavy atom. The predicted molar refractivity (Wildman–Crippen MR) is 95.2 cm³/mol. The molecule has 1 aromatic carbocycles. The van der Waals surface area contributed by atoms with Crippen LogP contribution in [0, 0.1) is 32.1 Å². The van der Waals surface area contributed by atoms with Gasteiger partial charge in [-0.1, -0.05) is 12.1 Å². The SMILES string of the molecule is C=CCn1c(O)c(C=Nc2ccc(C)c(C)c2)c(C)c(C#N)c1=O. The first-order valence-corrected chi connectivity index (χ1v) is 7.49. The van der Waals surface area contributed by atoms with Gasteiger partial charge in [-0.2, -0.15) is 5.26 Å². The Morgan fingerprint density at radius 1 is 1.33 bits per heavy atom. The third kappa shape index (κ3) is 3.13. The standard InChI is InChI=1S/C19H19N3O2/c1-5-8-22-18(23)16(10-20)14(4)17(19(22)24)11-21-15-7-6-12(2)13(3)9-15/h5-7,9,11,24H,1,8H2,2-4H3. The fraction of sp³-hybridized carbons (Fsp3) is 0.211. The molecule has 2 rings (SSSR count). The molecule has 0 saturated heterocycles. The smallest absolute Gasteiger partial charge is 0.271 e. The van der Waals surface area contributed by atoms with Crippen molar-refractivity contribution >= 4 is 11.9 Å². The number of nitrogens with zero attached hydrogens (tertiary/aromatic N) is 3. The van der Waals surface area contributed by atoms with Crippen molar-refractivity contribution in [1.82, 2.24) is 4.57 Å². The lowest BCUT2D eigenvalue weighted by atomic mass is 10.1. The van der Waals surface area contributed by atoms with Crippen LogP contribution in [0.25, 0.3) is 0 Å². The summed E-state index contributed by atoms with van der Waals surface area (Å²) in [6.07, 6.45) is 2.97. The molecule has 5 heteroatoms. The molecule has 0 saturated carbocycles. The number of aromatic nitrogens is 1. The molecule has 0 atom stereocenters. The van der Waals surface area contributed by atoms with Crippen LogP contribution >= 0.6 is 0 Å². The highest BCUT2D eigenvalue weighted by atomic mass is 16.3. The highest BCUT2D eigenvalue weighted by molar-refractivity contribution is 5.87. The molecule has 0 radical (unpaired) electrons. The number of aryl methyl sites for hydroxylation is 2. The second kappa shape index (κ2) is 6.97. The molecule has 1 heterocycles. The van der Waals surface area contributed by atoms with E-state index >= 15 is 0 Å². The average Bonchev–Trinajstić information content (AvgIpc) is 2.55. The number of benzene rings is 1. The van der Waals surface area contributed by atoms with Crippen LogP contribution in [-0.4, -0.2) is 15.9 Å². The fourth-order valence-electron chi connectivity index (χ4n) is 2.37. The molecule has 5 nitrogen and oxygen atoms in total. The molecular weight excluding hydrogens is 302 g/mol. The Balaban J connectivity index is 2.61. The van der Waals surface area contributed by atoms with Gasteiger partial charge in [-0.3, -0.25) is 14.4 Å². The highest BCUT2D eigenvalue weighted by Crippen LogP contribution is 2.22. The summed E-state index contributed by atoms with van der Waals surface area (Å²) in [6, 6.07) is 7.68. The molecule has 0 aliphatic heterocycles. The van der Waals surface area contributed by atoms with Crippen molar-refractivity contribution in [2.24, 2.45) is 4.99 Å². The van der Waals surface area contributed by atoms with E-state index < -0.39 is 5.56 Å². The van der Waals surface area contributed by atoms with E-state index in [0.29, 0.717) is 11.1 Å². The van der Waals surface area contributed by atoms with E-state index in [0.717, 1.165) is 15.8 Å². The Labute approximate surface area is 140 Å². The van der Waals surface area contributed by atoms with Gasteiger partial charge in [-0.15, -0.1) is 6.58 Å². The number of aromatic hydroxyl groups is 1. The molecule has 0 amide bonds. The molecule has 0 aliphatic rings. The number of hydrogen-bond acceptors (Lipinski definition) is 4. The topological polar surface area (TPSA) is 78.4 Å². The highest BCUT2D eigenvalue weighted by Gasteiger charge is 2.17. The summed E-state index contributed by atoms with van der Waals surface area (Å²) < 4.78 is 1.11. The Kier molecular flexibility index (Phi) is 5.00. The Morgan fingerprint density at radius 2 is 2.04 bits per heavy atom. The van der Waals surface area contributed by atoms with Gasteiger partial charge >= 0.3 is 0 Å². The minimum Gasteiger partial charge on any atom is -0.494 e. The first-order valence-electron chi connectivity index (χ1n) is 7.49. The van der Waals surface area contributed by atoms with Gasteiger partial charge in [-0.25, -0.2) is 0 Å². The molecule has 0 fully saturated rings. The number of nitriles is 1. The molecule has 0 bridgehead atoms. The van der Waals surface area contributed by atoms with Gasteiger partial charge in [0.1, 0.15) is 11.6 Å². The fourth-order valence-corrected chi connectivity index (χ4v) is 2.37. The second-order valence-electron chi connectivity index (χ2n) is 5.58. The Bertz CT molecular complexity index is 931. The summed E-state index contributed by atoms with van der Waals surface area (Å²) in [5, 5.41) is 19.6. The molecule has 0 aliphatic carbocycles. The second-order valence-corrected chi connectivity index (χ2v) is 5.58. The maximum atomic E-state index is 12.2. The number of hydrogen-bond donors (Lipinski definition) is 1. The van der Waals surface area contributed by atoms with E-state index in [1.165, 1.54) is 17.9 Å². The summed E-state index contributed by atoms with van der Waals surface area (Å²) in [6.45, 7) is 9.32. The van der Waals surface area contributed by atoms with Crippen LogP contribution in [0.3, 0.4) is 0 Å². The van der Waals surface area contributed by atoms with Gasteiger partial charge in [0.15, 0.2) is 0 Å². The van der Waals surface area contributed by atoms with Crippen molar-refractivity contribution in [1.29, 1.82) is 5.26 Å². The molecule has 1 N–H and O–H groups in total. The molecular formula is C19H19N3O2. The quantitative estimate of drug-likeness (QED) is 0.693. The van der Waals surface area contributed by atoms with Gasteiger partial charge in [0.25, 0.3) is 5.56 Å². The largest absolute Gasteiger partial charge is 0.494 e. The maximum Gasteiger partial charge on any atom is 0.271 e. The van der Waals surface area contributed by atoms with Crippen LogP contribution in [-0.2, 0) is 6.54 Å². The lowest BCUT2D eigenvalue weighted by molar-refractivity contribution is 0.414. The molecule has 24 heavy (non-hydrogen) atoms. The zero-order valence-electron chi connectivity index (χ0n) is 14.0. The van der Waals surface area contributed by atoms with Crippen molar-refractivity contribution in [2.45, 2.75) is 27.3 Å². The van der Waals surface area contributed by atoms with Crippen molar-refractivity contribution in [2.75, 3.05) is 0 Å². The predicted octanol–water partition coefficient (Wildman–Crippen LogP) is 3.29. The first kappa shape index (κ1) is 17.2. The Hall–Kier alpha value is -3.13. The summed E-state index contributed by atoms with van der Waals surface area (Å²) in [5.41, 5.74) is 3.24. The molecule has 1 aromatic heterocycles. The van der Waals surface area contributed by atoms with Gasteiger partial charge in [0.05, 0.1) is 11.3 Å². The third-order valence-electron chi connectivity index (χ3n) is 3.99. The maximum absolute atomic E-state index is 12.2. The third-order valence-corrected chi connectivity index (χ3v) is 3.99. The van der Waals surface area contributed by atoms with E-state index in [1.54, 1.807) is 6.92 Å².